The first-order chi connectivity index (χ1) is 13.6. The van der Waals surface area contributed by atoms with Crippen LogP contribution in [0.4, 0.5) is 0 Å². The largest absolute Gasteiger partial charge is 0.427 e. The number of aromatic amines is 1. The maximum absolute atomic E-state index is 11.2. The number of nitrogens with zero attached hydrogens (tertiary/aromatic N) is 2. The van der Waals surface area contributed by atoms with Crippen LogP contribution in [0.3, 0.4) is 0 Å². The molecule has 0 saturated carbocycles. The van der Waals surface area contributed by atoms with Gasteiger partial charge in [-0.25, -0.2) is 0 Å². The van der Waals surface area contributed by atoms with Gasteiger partial charge in [-0.15, -0.1) is 5.10 Å². The zero-order valence-electron chi connectivity index (χ0n) is 15.0. The van der Waals surface area contributed by atoms with Gasteiger partial charge < -0.3 is 15.2 Å². The molecule has 1 aliphatic rings. The third kappa shape index (κ3) is 2.97. The van der Waals surface area contributed by atoms with E-state index in [1.54, 1.807) is 24.3 Å². The van der Waals surface area contributed by atoms with Gasteiger partial charge in [0.05, 0.1) is 17.2 Å². The molecule has 0 radical (unpaired) electrons. The van der Waals surface area contributed by atoms with Gasteiger partial charge in [0, 0.05) is 6.92 Å². The molecule has 1 unspecified atom stereocenters. The summed E-state index contributed by atoms with van der Waals surface area (Å²) in [6, 6.07) is 18.8. The van der Waals surface area contributed by atoms with Gasteiger partial charge in [0.25, 0.3) is 0 Å². The van der Waals surface area contributed by atoms with Gasteiger partial charge in [-0.1, -0.05) is 42.5 Å². The van der Waals surface area contributed by atoms with E-state index in [1.807, 2.05) is 30.3 Å². The molecule has 1 aromatic heterocycles. The van der Waals surface area contributed by atoms with E-state index >= 15 is 0 Å². The molecular weight excluding hydrogens is 356 g/mol. The van der Waals surface area contributed by atoms with Crippen molar-refractivity contribution >= 4 is 5.97 Å². The number of hydrogen-bond acceptors (Lipinski definition) is 6. The number of aromatic nitrogens is 2. The Balaban J connectivity index is 1.85. The smallest absolute Gasteiger partial charge is 0.308 e. The van der Waals surface area contributed by atoms with E-state index in [2.05, 4.69) is 16.3 Å². The molecule has 1 atom stereocenters. The van der Waals surface area contributed by atoms with Crippen molar-refractivity contribution in [2.24, 2.45) is 5.73 Å². The molecule has 0 aliphatic carbocycles. The molecule has 7 heteroatoms. The van der Waals surface area contributed by atoms with Crippen LogP contribution in [0, 0.1) is 11.3 Å². The number of hydrogen-bond donors (Lipinski definition) is 2. The summed E-state index contributed by atoms with van der Waals surface area (Å²) in [7, 11) is 0. The molecule has 0 spiro atoms. The van der Waals surface area contributed by atoms with Gasteiger partial charge >= 0.3 is 5.97 Å². The van der Waals surface area contributed by atoms with Crippen LogP contribution < -0.4 is 15.2 Å². The molecule has 138 valence electrons. The third-order valence-corrected chi connectivity index (χ3v) is 4.48. The Kier molecular flexibility index (Phi) is 4.30. The fraction of sp³-hybridized carbons (Fsp3) is 0.0952. The lowest BCUT2D eigenvalue weighted by Gasteiger charge is -2.24. The lowest BCUT2D eigenvalue weighted by Crippen LogP contribution is -2.21. The SMILES string of the molecule is CC(=O)Oc1ccc(C2C(C#N)=C(N)Oc3n[nH]c(-c4ccccc4)c32)cc1. The Labute approximate surface area is 161 Å². The number of nitrogens with two attached hydrogens (primary N) is 1. The Hall–Kier alpha value is -4.05. The van der Waals surface area contributed by atoms with Crippen LogP contribution in [0.15, 0.2) is 66.1 Å². The van der Waals surface area contributed by atoms with Crippen LogP contribution in [-0.4, -0.2) is 16.2 Å². The normalized spacial score (nSPS) is 15.4. The number of H-pyrrole nitrogens is 1. The standard InChI is InChI=1S/C21H16N4O3/c1-12(26)27-15-9-7-13(8-10-15)17-16(11-22)20(23)28-21-18(17)19(24-25-21)14-5-3-2-4-6-14/h2-10,17H,23H2,1H3,(H,24,25). The zero-order chi connectivity index (χ0) is 19.7. The maximum Gasteiger partial charge on any atom is 0.308 e. The van der Waals surface area contributed by atoms with Gasteiger partial charge in [-0.2, -0.15) is 5.26 Å². The zero-order valence-corrected chi connectivity index (χ0v) is 15.0. The second kappa shape index (κ2) is 6.93. The quantitative estimate of drug-likeness (QED) is 0.539. The second-order valence-electron chi connectivity index (χ2n) is 6.27. The average molecular weight is 372 g/mol. The second-order valence-corrected chi connectivity index (χ2v) is 6.27. The van der Waals surface area contributed by atoms with Crippen molar-refractivity contribution < 1.29 is 14.3 Å². The molecular formula is C21H16N4O3. The molecule has 7 nitrogen and oxygen atoms in total. The van der Waals surface area contributed by atoms with Gasteiger partial charge in [-0.05, 0) is 23.3 Å². The highest BCUT2D eigenvalue weighted by Crippen LogP contribution is 2.45. The van der Waals surface area contributed by atoms with Crippen LogP contribution in [0.5, 0.6) is 11.6 Å². The fourth-order valence-corrected chi connectivity index (χ4v) is 3.30. The summed E-state index contributed by atoms with van der Waals surface area (Å²) < 4.78 is 10.7. The van der Waals surface area contributed by atoms with Crippen molar-refractivity contribution in [3.05, 3.63) is 77.2 Å². The Bertz CT molecular complexity index is 1110. The van der Waals surface area contributed by atoms with Crippen LogP contribution in [0.2, 0.25) is 0 Å². The van der Waals surface area contributed by atoms with E-state index in [0.29, 0.717) is 17.2 Å². The van der Waals surface area contributed by atoms with E-state index in [9.17, 15) is 10.1 Å². The molecule has 3 N–H and O–H groups in total. The predicted molar refractivity (Wildman–Crippen MR) is 101 cm³/mol. The Morgan fingerprint density at radius 2 is 1.93 bits per heavy atom. The molecule has 3 aromatic rings. The predicted octanol–water partition coefficient (Wildman–Crippen LogP) is 3.22. The minimum absolute atomic E-state index is 0.0233. The van der Waals surface area contributed by atoms with Crippen LogP contribution in [0.1, 0.15) is 24.0 Å². The Morgan fingerprint density at radius 3 is 2.57 bits per heavy atom. The number of nitrogens with one attached hydrogen (secondary N) is 1. The number of esters is 1. The monoisotopic (exact) mass is 372 g/mol. The average Bonchev–Trinajstić information content (AvgIpc) is 3.11. The number of carbonyl (C=O) groups is 1. The summed E-state index contributed by atoms with van der Waals surface area (Å²) in [5, 5.41) is 17.0. The van der Waals surface area contributed by atoms with E-state index in [4.69, 9.17) is 15.2 Å². The number of benzene rings is 2. The number of fused-ring (bicyclic) bond motifs is 1. The van der Waals surface area contributed by atoms with Gasteiger partial charge in [0.1, 0.15) is 17.4 Å². The number of ether oxygens (including phenoxy) is 2. The summed E-state index contributed by atoms with van der Waals surface area (Å²) >= 11 is 0. The highest BCUT2D eigenvalue weighted by molar-refractivity contribution is 5.71. The lowest BCUT2D eigenvalue weighted by molar-refractivity contribution is -0.131. The fourth-order valence-electron chi connectivity index (χ4n) is 3.30. The van der Waals surface area contributed by atoms with E-state index in [-0.39, 0.29) is 5.88 Å². The van der Waals surface area contributed by atoms with Crippen LogP contribution in [0.25, 0.3) is 11.3 Å². The first-order valence-electron chi connectivity index (χ1n) is 8.58. The van der Waals surface area contributed by atoms with E-state index < -0.39 is 11.9 Å². The minimum atomic E-state index is -0.464. The number of nitriles is 1. The Morgan fingerprint density at radius 1 is 1.21 bits per heavy atom. The van der Waals surface area contributed by atoms with Crippen molar-refractivity contribution in [2.75, 3.05) is 0 Å². The number of allylic oxidation sites excluding steroid dienone is 1. The maximum atomic E-state index is 11.2. The van der Waals surface area contributed by atoms with Crippen molar-refractivity contribution in [1.29, 1.82) is 5.26 Å². The van der Waals surface area contributed by atoms with Gasteiger partial charge in [0.15, 0.2) is 0 Å². The summed E-state index contributed by atoms with van der Waals surface area (Å²) in [6.07, 6.45) is 0. The molecule has 0 amide bonds. The summed E-state index contributed by atoms with van der Waals surface area (Å²) in [6.45, 7) is 1.34. The van der Waals surface area contributed by atoms with Crippen molar-refractivity contribution in [2.45, 2.75) is 12.8 Å². The first kappa shape index (κ1) is 17.4. The van der Waals surface area contributed by atoms with Gasteiger partial charge in [-0.3, -0.25) is 9.89 Å². The molecule has 0 fully saturated rings. The molecule has 28 heavy (non-hydrogen) atoms. The summed E-state index contributed by atoms with van der Waals surface area (Å²) in [5.41, 5.74) is 9.49. The van der Waals surface area contributed by atoms with Crippen molar-refractivity contribution in [1.82, 2.24) is 10.2 Å². The highest BCUT2D eigenvalue weighted by atomic mass is 16.5. The van der Waals surface area contributed by atoms with E-state index in [1.165, 1.54) is 6.92 Å². The van der Waals surface area contributed by atoms with E-state index in [0.717, 1.165) is 22.4 Å². The topological polar surface area (TPSA) is 114 Å². The van der Waals surface area contributed by atoms with Crippen LogP contribution in [-0.2, 0) is 4.79 Å². The summed E-state index contributed by atoms with van der Waals surface area (Å²) in [5.74, 6) is -0.0766. The van der Waals surface area contributed by atoms with Crippen LogP contribution >= 0.6 is 0 Å². The van der Waals surface area contributed by atoms with Crippen molar-refractivity contribution in [3.8, 4) is 29.0 Å². The number of carbonyl (C=O) groups excluding carboxylic acids is 1. The summed E-state index contributed by atoms with van der Waals surface area (Å²) in [4.78, 5) is 11.2. The first-order valence-corrected chi connectivity index (χ1v) is 8.58. The third-order valence-electron chi connectivity index (χ3n) is 4.48. The van der Waals surface area contributed by atoms with Gasteiger partial charge in [0.2, 0.25) is 11.8 Å². The molecule has 2 heterocycles. The van der Waals surface area contributed by atoms with Crippen molar-refractivity contribution in [3.63, 3.8) is 0 Å². The lowest BCUT2D eigenvalue weighted by atomic mass is 9.83. The molecule has 0 saturated heterocycles. The molecule has 0 bridgehead atoms. The number of rotatable bonds is 3. The molecule has 4 rings (SSSR count). The molecule has 1 aliphatic heterocycles. The molecule has 2 aromatic carbocycles. The minimum Gasteiger partial charge on any atom is -0.427 e. The highest BCUT2D eigenvalue weighted by Gasteiger charge is 2.35.